The Hall–Kier alpha value is -1.32. The van der Waals surface area contributed by atoms with Gasteiger partial charge in [-0.05, 0) is 18.5 Å². The van der Waals surface area contributed by atoms with Crippen molar-refractivity contribution in [3.05, 3.63) is 11.3 Å². The van der Waals surface area contributed by atoms with E-state index in [-0.39, 0.29) is 5.78 Å². The van der Waals surface area contributed by atoms with Crippen LogP contribution in [0.5, 0.6) is 5.88 Å². The maximum atomic E-state index is 11.5. The number of hydrogen-bond donors (Lipinski definition) is 0. The molecule has 0 fully saturated rings. The zero-order valence-electron chi connectivity index (χ0n) is 7.50. The number of carbonyl (C=O) groups is 1. The quantitative estimate of drug-likeness (QED) is 0.695. The van der Waals surface area contributed by atoms with Crippen LogP contribution in [0.3, 0.4) is 0 Å². The number of hydrogen-bond acceptors (Lipinski definition) is 4. The van der Waals surface area contributed by atoms with Gasteiger partial charge in [0.25, 0.3) is 5.88 Å². The van der Waals surface area contributed by atoms with Crippen molar-refractivity contribution in [2.75, 3.05) is 6.61 Å². The molecular weight excluding hydrogens is 170 g/mol. The molecule has 1 aromatic rings. The molecule has 0 aliphatic heterocycles. The predicted octanol–water partition coefficient (Wildman–Crippen LogP) is 1.59. The van der Waals surface area contributed by atoms with Gasteiger partial charge in [-0.1, -0.05) is 0 Å². The van der Waals surface area contributed by atoms with Gasteiger partial charge in [-0.15, -0.1) is 0 Å². The fraction of sp³-hybridized carbons (Fsp3) is 0.556. The number of Topliss-reactive ketones (excluding diaryl/α,β-unsaturated/α-hetero) is 1. The van der Waals surface area contributed by atoms with Crippen molar-refractivity contribution >= 4 is 5.78 Å². The minimum atomic E-state index is 0.0888. The highest BCUT2D eigenvalue weighted by Crippen LogP contribution is 2.28. The van der Waals surface area contributed by atoms with E-state index in [4.69, 9.17) is 9.26 Å². The molecule has 0 atom stereocenters. The van der Waals surface area contributed by atoms with E-state index in [2.05, 4.69) is 5.16 Å². The molecule has 0 aromatic carbocycles. The summed E-state index contributed by atoms with van der Waals surface area (Å²) in [5.74, 6) is 1.13. The fourth-order valence-electron chi connectivity index (χ4n) is 1.52. The Kier molecular flexibility index (Phi) is 2.04. The standard InChI is InChI=1S/C9H11NO3/c1-2-12-9-8-6(11)4-3-5-7(8)13-10-9/h2-5H2,1H3. The molecule has 13 heavy (non-hydrogen) atoms. The highest BCUT2D eigenvalue weighted by atomic mass is 16.5. The van der Waals surface area contributed by atoms with Crippen LogP contribution in [0.1, 0.15) is 35.9 Å². The van der Waals surface area contributed by atoms with E-state index >= 15 is 0 Å². The minimum absolute atomic E-state index is 0.0888. The number of aryl methyl sites for hydroxylation is 1. The van der Waals surface area contributed by atoms with Crippen molar-refractivity contribution in [1.29, 1.82) is 0 Å². The summed E-state index contributed by atoms with van der Waals surface area (Å²) in [4.78, 5) is 11.5. The van der Waals surface area contributed by atoms with Gasteiger partial charge in [-0.25, -0.2) is 0 Å². The van der Waals surface area contributed by atoms with Crippen LogP contribution in [0.15, 0.2) is 4.52 Å². The third kappa shape index (κ3) is 1.32. The zero-order chi connectivity index (χ0) is 9.26. The molecule has 1 aliphatic carbocycles. The second kappa shape index (κ2) is 3.20. The Bertz CT molecular complexity index is 330. The van der Waals surface area contributed by atoms with Gasteiger partial charge in [0.2, 0.25) is 0 Å². The molecule has 4 nitrogen and oxygen atoms in total. The molecule has 0 amide bonds. The summed E-state index contributed by atoms with van der Waals surface area (Å²) in [6.45, 7) is 2.36. The summed E-state index contributed by atoms with van der Waals surface area (Å²) in [6, 6.07) is 0. The van der Waals surface area contributed by atoms with Crippen LogP contribution in [0.2, 0.25) is 0 Å². The molecule has 0 saturated heterocycles. The minimum Gasteiger partial charge on any atom is -0.475 e. The zero-order valence-corrected chi connectivity index (χ0v) is 7.50. The van der Waals surface area contributed by atoms with Gasteiger partial charge in [0.1, 0.15) is 5.56 Å². The van der Waals surface area contributed by atoms with Crippen LogP contribution in [0, 0.1) is 0 Å². The first-order valence-electron chi connectivity index (χ1n) is 4.47. The molecule has 4 heteroatoms. The molecular formula is C9H11NO3. The maximum Gasteiger partial charge on any atom is 0.265 e. The summed E-state index contributed by atoms with van der Waals surface area (Å²) < 4.78 is 10.2. The lowest BCUT2D eigenvalue weighted by Gasteiger charge is -2.07. The summed E-state index contributed by atoms with van der Waals surface area (Å²) in [6.07, 6.45) is 2.22. The van der Waals surface area contributed by atoms with Gasteiger partial charge < -0.3 is 9.26 Å². The highest BCUT2D eigenvalue weighted by molar-refractivity contribution is 5.99. The van der Waals surface area contributed by atoms with Gasteiger partial charge in [0.15, 0.2) is 11.5 Å². The third-order valence-corrected chi connectivity index (χ3v) is 2.10. The van der Waals surface area contributed by atoms with Crippen LogP contribution in [-0.2, 0) is 6.42 Å². The lowest BCUT2D eigenvalue weighted by Crippen LogP contribution is -2.10. The maximum absolute atomic E-state index is 11.5. The molecule has 0 spiro atoms. The molecule has 0 radical (unpaired) electrons. The molecule has 2 rings (SSSR count). The van der Waals surface area contributed by atoms with E-state index in [0.717, 1.165) is 12.8 Å². The van der Waals surface area contributed by atoms with Crippen molar-refractivity contribution in [1.82, 2.24) is 5.16 Å². The lowest BCUT2D eigenvalue weighted by molar-refractivity contribution is 0.0966. The largest absolute Gasteiger partial charge is 0.475 e. The molecule has 1 heterocycles. The number of aromatic nitrogens is 1. The summed E-state index contributed by atoms with van der Waals surface area (Å²) >= 11 is 0. The number of ketones is 1. The highest BCUT2D eigenvalue weighted by Gasteiger charge is 2.27. The lowest BCUT2D eigenvalue weighted by atomic mass is 9.97. The Morgan fingerprint density at radius 3 is 3.15 bits per heavy atom. The first-order chi connectivity index (χ1) is 6.33. The van der Waals surface area contributed by atoms with E-state index < -0.39 is 0 Å². The normalized spacial score (nSPS) is 15.6. The Balaban J connectivity index is 2.38. The molecule has 1 aromatic heterocycles. The SMILES string of the molecule is CCOc1noc2c1C(=O)CCC2. The second-order valence-electron chi connectivity index (χ2n) is 3.00. The molecule has 0 unspecified atom stereocenters. The first-order valence-corrected chi connectivity index (χ1v) is 4.47. The van der Waals surface area contributed by atoms with Crippen LogP contribution in [-0.4, -0.2) is 17.5 Å². The molecule has 0 N–H and O–H groups in total. The first kappa shape index (κ1) is 8.29. The van der Waals surface area contributed by atoms with Crippen molar-refractivity contribution in [2.24, 2.45) is 0 Å². The molecule has 1 aliphatic rings. The van der Waals surface area contributed by atoms with E-state index in [1.165, 1.54) is 0 Å². The van der Waals surface area contributed by atoms with E-state index in [1.807, 2.05) is 6.92 Å². The van der Waals surface area contributed by atoms with E-state index in [1.54, 1.807) is 0 Å². The van der Waals surface area contributed by atoms with Crippen molar-refractivity contribution < 1.29 is 14.1 Å². The van der Waals surface area contributed by atoms with E-state index in [9.17, 15) is 4.79 Å². The van der Waals surface area contributed by atoms with Crippen LogP contribution in [0.25, 0.3) is 0 Å². The number of fused-ring (bicyclic) bond motifs is 1. The van der Waals surface area contributed by atoms with E-state index in [0.29, 0.717) is 30.2 Å². The molecule has 0 bridgehead atoms. The molecule has 0 saturated carbocycles. The van der Waals surface area contributed by atoms with Crippen molar-refractivity contribution in [3.63, 3.8) is 0 Å². The van der Waals surface area contributed by atoms with Gasteiger partial charge in [0, 0.05) is 12.8 Å². The Morgan fingerprint density at radius 1 is 1.54 bits per heavy atom. The van der Waals surface area contributed by atoms with Gasteiger partial charge in [0.05, 0.1) is 6.61 Å². The average molecular weight is 181 g/mol. The van der Waals surface area contributed by atoms with Gasteiger partial charge in [-0.2, -0.15) is 0 Å². The third-order valence-electron chi connectivity index (χ3n) is 2.10. The van der Waals surface area contributed by atoms with Crippen molar-refractivity contribution in [3.8, 4) is 5.88 Å². The average Bonchev–Trinajstić information content (AvgIpc) is 2.51. The number of nitrogens with zero attached hydrogens (tertiary/aromatic N) is 1. The summed E-state index contributed by atoms with van der Waals surface area (Å²) in [5.41, 5.74) is 0.563. The number of rotatable bonds is 2. The van der Waals surface area contributed by atoms with Crippen molar-refractivity contribution in [2.45, 2.75) is 26.2 Å². The summed E-state index contributed by atoms with van der Waals surface area (Å²) in [5, 5.41) is 3.72. The summed E-state index contributed by atoms with van der Waals surface area (Å²) in [7, 11) is 0. The van der Waals surface area contributed by atoms with Crippen LogP contribution >= 0.6 is 0 Å². The number of carbonyl (C=O) groups excluding carboxylic acids is 1. The molecule has 70 valence electrons. The van der Waals surface area contributed by atoms with Crippen LogP contribution in [0.4, 0.5) is 0 Å². The fourth-order valence-corrected chi connectivity index (χ4v) is 1.52. The monoisotopic (exact) mass is 181 g/mol. The van der Waals surface area contributed by atoms with Gasteiger partial charge >= 0.3 is 0 Å². The number of ether oxygens (including phenoxy) is 1. The topological polar surface area (TPSA) is 52.3 Å². The van der Waals surface area contributed by atoms with Gasteiger partial charge in [-0.3, -0.25) is 4.79 Å². The Labute approximate surface area is 75.9 Å². The predicted molar refractivity (Wildman–Crippen MR) is 44.9 cm³/mol. The smallest absolute Gasteiger partial charge is 0.265 e. The second-order valence-corrected chi connectivity index (χ2v) is 3.00. The Morgan fingerprint density at radius 2 is 2.38 bits per heavy atom. The van der Waals surface area contributed by atoms with Crippen LogP contribution < -0.4 is 4.74 Å².